The number of nitrogen functional groups attached to an aromatic ring is 1. The Hall–Kier alpha value is -2.88. The number of aryl methyl sites for hydroxylation is 1. The van der Waals surface area contributed by atoms with E-state index in [1.54, 1.807) is 17.1 Å². The lowest BCUT2D eigenvalue weighted by molar-refractivity contribution is 0.906. The second-order valence-corrected chi connectivity index (χ2v) is 4.83. The second-order valence-electron chi connectivity index (χ2n) is 4.83. The van der Waals surface area contributed by atoms with E-state index < -0.39 is 0 Å². The zero-order valence-electron chi connectivity index (χ0n) is 11.8. The van der Waals surface area contributed by atoms with E-state index in [1.165, 1.54) is 5.56 Å². The van der Waals surface area contributed by atoms with Crippen molar-refractivity contribution >= 4 is 12.2 Å². The number of nitrogens with zero attached hydrogens (tertiary/aromatic N) is 3. The number of rotatable bonds is 3. The summed E-state index contributed by atoms with van der Waals surface area (Å²) in [6.45, 7) is 2.06. The SMILES string of the molecule is Cc1ccc(-c2cnc(N)n2N=Cc2ccccc2)cc1. The molecule has 4 heteroatoms. The maximum atomic E-state index is 5.91. The molecule has 0 unspecified atom stereocenters. The van der Waals surface area contributed by atoms with Crippen molar-refractivity contribution in [3.05, 3.63) is 71.9 Å². The van der Waals surface area contributed by atoms with Gasteiger partial charge in [-0.3, -0.25) is 0 Å². The molecule has 0 atom stereocenters. The molecule has 0 radical (unpaired) electrons. The highest BCUT2D eigenvalue weighted by Gasteiger charge is 2.08. The maximum Gasteiger partial charge on any atom is 0.221 e. The summed E-state index contributed by atoms with van der Waals surface area (Å²) in [6, 6.07) is 18.1. The number of anilines is 1. The summed E-state index contributed by atoms with van der Waals surface area (Å²) in [5, 5.41) is 4.44. The lowest BCUT2D eigenvalue weighted by Gasteiger charge is -2.04. The number of nitrogens with two attached hydrogens (primary N) is 1. The highest BCUT2D eigenvalue weighted by molar-refractivity contribution is 5.79. The van der Waals surface area contributed by atoms with Gasteiger partial charge in [-0.2, -0.15) is 9.78 Å². The predicted octanol–water partition coefficient (Wildman–Crippen LogP) is 3.32. The van der Waals surface area contributed by atoms with E-state index in [9.17, 15) is 0 Å². The van der Waals surface area contributed by atoms with Crippen LogP contribution in [0.25, 0.3) is 11.3 Å². The van der Waals surface area contributed by atoms with Crippen LogP contribution in [-0.4, -0.2) is 15.9 Å². The summed E-state index contributed by atoms with van der Waals surface area (Å²) in [4.78, 5) is 4.15. The van der Waals surface area contributed by atoms with Gasteiger partial charge in [0.1, 0.15) is 0 Å². The van der Waals surface area contributed by atoms with Gasteiger partial charge in [0.15, 0.2) is 0 Å². The quantitative estimate of drug-likeness (QED) is 0.746. The molecule has 0 bridgehead atoms. The first-order chi connectivity index (χ1) is 10.2. The second kappa shape index (κ2) is 5.63. The number of benzene rings is 2. The molecule has 1 aromatic heterocycles. The van der Waals surface area contributed by atoms with Gasteiger partial charge in [0.05, 0.1) is 18.1 Å². The van der Waals surface area contributed by atoms with Crippen molar-refractivity contribution in [3.8, 4) is 11.3 Å². The molecule has 0 amide bonds. The first-order valence-electron chi connectivity index (χ1n) is 6.74. The predicted molar refractivity (Wildman–Crippen MR) is 86.2 cm³/mol. The van der Waals surface area contributed by atoms with Gasteiger partial charge in [0.2, 0.25) is 5.95 Å². The molecule has 4 nitrogen and oxygen atoms in total. The zero-order valence-corrected chi connectivity index (χ0v) is 11.8. The lowest BCUT2D eigenvalue weighted by Crippen LogP contribution is -2.00. The average molecular weight is 276 g/mol. The van der Waals surface area contributed by atoms with Crippen molar-refractivity contribution in [2.45, 2.75) is 6.92 Å². The summed E-state index contributed by atoms with van der Waals surface area (Å²) in [5.41, 5.74) is 10.1. The minimum Gasteiger partial charge on any atom is -0.368 e. The first-order valence-corrected chi connectivity index (χ1v) is 6.74. The van der Waals surface area contributed by atoms with Crippen LogP contribution in [-0.2, 0) is 0 Å². The Morgan fingerprint density at radius 1 is 1.05 bits per heavy atom. The van der Waals surface area contributed by atoms with Crippen LogP contribution in [0, 0.1) is 6.92 Å². The van der Waals surface area contributed by atoms with Crippen LogP contribution in [0.3, 0.4) is 0 Å². The van der Waals surface area contributed by atoms with Crippen LogP contribution >= 0.6 is 0 Å². The molecule has 3 rings (SSSR count). The normalized spacial score (nSPS) is 11.1. The Morgan fingerprint density at radius 3 is 2.48 bits per heavy atom. The van der Waals surface area contributed by atoms with Crippen molar-refractivity contribution in [3.63, 3.8) is 0 Å². The fraction of sp³-hybridized carbons (Fsp3) is 0.0588. The molecular weight excluding hydrogens is 260 g/mol. The van der Waals surface area contributed by atoms with Gasteiger partial charge >= 0.3 is 0 Å². The van der Waals surface area contributed by atoms with Crippen LogP contribution in [0.4, 0.5) is 5.95 Å². The van der Waals surface area contributed by atoms with E-state index in [0.29, 0.717) is 5.95 Å². The summed E-state index contributed by atoms with van der Waals surface area (Å²) in [5.74, 6) is 0.373. The molecule has 104 valence electrons. The van der Waals surface area contributed by atoms with Crippen molar-refractivity contribution in [1.82, 2.24) is 9.66 Å². The lowest BCUT2D eigenvalue weighted by atomic mass is 10.1. The number of imidazole rings is 1. The first kappa shape index (κ1) is 13.1. The van der Waals surface area contributed by atoms with Gasteiger partial charge in [-0.1, -0.05) is 60.2 Å². The van der Waals surface area contributed by atoms with E-state index >= 15 is 0 Å². The molecule has 0 fully saturated rings. The molecule has 0 aliphatic heterocycles. The van der Waals surface area contributed by atoms with Gasteiger partial charge in [0, 0.05) is 5.56 Å². The summed E-state index contributed by atoms with van der Waals surface area (Å²) < 4.78 is 1.65. The van der Waals surface area contributed by atoms with Crippen LogP contribution in [0.1, 0.15) is 11.1 Å². The summed E-state index contributed by atoms with van der Waals surface area (Å²) >= 11 is 0. The molecule has 1 heterocycles. The fourth-order valence-corrected chi connectivity index (χ4v) is 2.07. The minimum atomic E-state index is 0.373. The Labute approximate surface area is 123 Å². The van der Waals surface area contributed by atoms with Crippen LogP contribution < -0.4 is 5.73 Å². The smallest absolute Gasteiger partial charge is 0.221 e. The van der Waals surface area contributed by atoms with E-state index in [4.69, 9.17) is 5.73 Å². The monoisotopic (exact) mass is 276 g/mol. The minimum absolute atomic E-state index is 0.373. The highest BCUT2D eigenvalue weighted by Crippen LogP contribution is 2.22. The molecule has 0 spiro atoms. The number of aromatic nitrogens is 2. The molecule has 0 aliphatic carbocycles. The third kappa shape index (κ3) is 2.84. The molecular formula is C17H16N4. The van der Waals surface area contributed by atoms with Gasteiger partial charge in [-0.15, -0.1) is 0 Å². The van der Waals surface area contributed by atoms with Crippen molar-refractivity contribution in [2.24, 2.45) is 5.10 Å². The third-order valence-corrected chi connectivity index (χ3v) is 3.23. The molecule has 0 saturated carbocycles. The summed E-state index contributed by atoms with van der Waals surface area (Å²) in [6.07, 6.45) is 3.51. The molecule has 2 aromatic carbocycles. The fourth-order valence-electron chi connectivity index (χ4n) is 2.07. The third-order valence-electron chi connectivity index (χ3n) is 3.23. The largest absolute Gasteiger partial charge is 0.368 e. The topological polar surface area (TPSA) is 56.2 Å². The van der Waals surface area contributed by atoms with Crippen LogP contribution in [0.5, 0.6) is 0 Å². The standard InChI is InChI=1S/C17H16N4/c1-13-7-9-15(10-8-13)16-12-19-17(18)21(16)20-11-14-5-3-2-4-6-14/h2-12H,1H3,(H2,18,19). The highest BCUT2D eigenvalue weighted by atomic mass is 15.4. The van der Waals surface area contributed by atoms with E-state index in [0.717, 1.165) is 16.8 Å². The zero-order chi connectivity index (χ0) is 14.7. The average Bonchev–Trinajstić information content (AvgIpc) is 2.88. The maximum absolute atomic E-state index is 5.91. The van der Waals surface area contributed by atoms with Gasteiger partial charge < -0.3 is 5.73 Å². The van der Waals surface area contributed by atoms with Crippen molar-refractivity contribution in [1.29, 1.82) is 0 Å². The molecule has 21 heavy (non-hydrogen) atoms. The number of hydrogen-bond donors (Lipinski definition) is 1. The van der Waals surface area contributed by atoms with Crippen molar-refractivity contribution < 1.29 is 0 Å². The Bertz CT molecular complexity index is 755. The van der Waals surface area contributed by atoms with Gasteiger partial charge in [0.25, 0.3) is 0 Å². The van der Waals surface area contributed by atoms with E-state index in [2.05, 4.69) is 29.1 Å². The molecule has 3 aromatic rings. The Kier molecular flexibility index (Phi) is 3.51. The van der Waals surface area contributed by atoms with Crippen LogP contribution in [0.2, 0.25) is 0 Å². The van der Waals surface area contributed by atoms with Gasteiger partial charge in [-0.25, -0.2) is 4.98 Å². The van der Waals surface area contributed by atoms with Gasteiger partial charge in [-0.05, 0) is 12.5 Å². The molecule has 0 saturated heterocycles. The van der Waals surface area contributed by atoms with Crippen LogP contribution in [0.15, 0.2) is 65.9 Å². The number of hydrogen-bond acceptors (Lipinski definition) is 3. The Morgan fingerprint density at radius 2 is 1.76 bits per heavy atom. The summed E-state index contributed by atoms with van der Waals surface area (Å²) in [7, 11) is 0. The van der Waals surface area contributed by atoms with E-state index in [1.807, 2.05) is 42.5 Å². The van der Waals surface area contributed by atoms with E-state index in [-0.39, 0.29) is 0 Å². The molecule has 0 aliphatic rings. The molecule has 2 N–H and O–H groups in total. The van der Waals surface area contributed by atoms with Crippen molar-refractivity contribution in [2.75, 3.05) is 5.73 Å². The Balaban J connectivity index is 1.98.